The van der Waals surface area contributed by atoms with E-state index in [4.69, 9.17) is 5.11 Å². The molecule has 0 unspecified atom stereocenters. The van der Waals surface area contributed by atoms with Gasteiger partial charge in [0.2, 0.25) is 0 Å². The summed E-state index contributed by atoms with van der Waals surface area (Å²) in [5, 5.41) is 8.99. The minimum Gasteiger partial charge on any atom is -0.505 e. The van der Waals surface area contributed by atoms with Gasteiger partial charge in [-0.2, -0.15) is 4.37 Å². The van der Waals surface area contributed by atoms with Crippen LogP contribution in [0.1, 0.15) is 16.4 Å². The second-order valence-electron chi connectivity index (χ2n) is 3.00. The zero-order valence-electron chi connectivity index (χ0n) is 8.08. The maximum atomic E-state index is 8.99. The molecule has 0 spiro atoms. The van der Waals surface area contributed by atoms with E-state index in [1.165, 1.54) is 23.9 Å². The van der Waals surface area contributed by atoms with Crippen molar-refractivity contribution in [1.82, 2.24) is 14.3 Å². The van der Waals surface area contributed by atoms with E-state index in [-0.39, 0.29) is 5.75 Å². The first kappa shape index (κ1) is 9.79. The molecule has 0 aliphatic heterocycles. The molecule has 0 amide bonds. The van der Waals surface area contributed by atoms with Crippen LogP contribution in [0.15, 0.2) is 18.5 Å². The summed E-state index contributed by atoms with van der Waals surface area (Å²) in [6.45, 7) is 1.95. The Hall–Kier alpha value is -1.75. The Morgan fingerprint density at radius 1 is 1.27 bits per heavy atom. The van der Waals surface area contributed by atoms with Crippen LogP contribution in [0.3, 0.4) is 0 Å². The van der Waals surface area contributed by atoms with Gasteiger partial charge in [-0.15, -0.1) is 0 Å². The molecule has 0 bridgehead atoms. The highest BCUT2D eigenvalue weighted by Crippen LogP contribution is 2.12. The van der Waals surface area contributed by atoms with E-state index in [0.29, 0.717) is 5.82 Å². The molecule has 2 heterocycles. The van der Waals surface area contributed by atoms with Crippen LogP contribution < -0.4 is 0 Å². The smallest absolute Gasteiger partial charge is 0.152 e. The second kappa shape index (κ2) is 4.18. The number of aromatic hydroxyl groups is 1. The number of hydrogen-bond acceptors (Lipinski definition) is 5. The minimum atomic E-state index is 0.0702. The summed E-state index contributed by atoms with van der Waals surface area (Å²) >= 11 is 1.43. The topological polar surface area (TPSA) is 58.9 Å². The molecule has 0 saturated carbocycles. The van der Waals surface area contributed by atoms with Gasteiger partial charge in [0.15, 0.2) is 11.6 Å². The molecule has 15 heavy (non-hydrogen) atoms. The molecule has 2 rings (SSSR count). The largest absolute Gasteiger partial charge is 0.505 e. The number of rotatable bonds is 2. The van der Waals surface area contributed by atoms with Crippen molar-refractivity contribution in [1.29, 1.82) is 0 Å². The van der Waals surface area contributed by atoms with E-state index in [0.717, 1.165) is 10.6 Å². The van der Waals surface area contributed by atoms with Crippen molar-refractivity contribution in [3.05, 3.63) is 34.9 Å². The summed E-state index contributed by atoms with van der Waals surface area (Å²) in [6.07, 6.45) is 6.42. The van der Waals surface area contributed by atoms with Gasteiger partial charge in [0.25, 0.3) is 0 Å². The zero-order chi connectivity index (χ0) is 10.7. The van der Waals surface area contributed by atoms with Crippen LogP contribution in [0.25, 0.3) is 12.2 Å². The molecule has 0 fully saturated rings. The summed E-state index contributed by atoms with van der Waals surface area (Å²) in [6, 6.07) is 1.99. The Morgan fingerprint density at radius 2 is 2.00 bits per heavy atom. The van der Waals surface area contributed by atoms with Crippen LogP contribution in [-0.4, -0.2) is 19.4 Å². The van der Waals surface area contributed by atoms with Crippen LogP contribution in [0.4, 0.5) is 0 Å². The number of nitrogens with zero attached hydrogens (tertiary/aromatic N) is 3. The normalized spacial score (nSPS) is 11.0. The molecule has 2 aromatic rings. The quantitative estimate of drug-likeness (QED) is 0.840. The Kier molecular flexibility index (Phi) is 2.73. The Balaban J connectivity index is 2.14. The van der Waals surface area contributed by atoms with Crippen LogP contribution in [0.2, 0.25) is 0 Å². The van der Waals surface area contributed by atoms with Crippen molar-refractivity contribution in [3.8, 4) is 5.75 Å². The third-order valence-electron chi connectivity index (χ3n) is 1.70. The third kappa shape index (κ3) is 2.60. The monoisotopic (exact) mass is 219 g/mol. The summed E-state index contributed by atoms with van der Waals surface area (Å²) < 4.78 is 4.15. The van der Waals surface area contributed by atoms with Gasteiger partial charge in [-0.25, -0.2) is 9.97 Å². The van der Waals surface area contributed by atoms with Crippen LogP contribution in [0.5, 0.6) is 5.75 Å². The Morgan fingerprint density at radius 3 is 2.60 bits per heavy atom. The van der Waals surface area contributed by atoms with E-state index < -0.39 is 0 Å². The lowest BCUT2D eigenvalue weighted by Gasteiger charge is -1.91. The van der Waals surface area contributed by atoms with Gasteiger partial charge in [0.05, 0.1) is 18.1 Å². The maximum absolute atomic E-state index is 8.99. The molecule has 0 radical (unpaired) electrons. The van der Waals surface area contributed by atoms with E-state index in [1.807, 2.05) is 19.1 Å². The highest BCUT2D eigenvalue weighted by molar-refractivity contribution is 7.06. The standard InChI is InChI=1S/C10H9N3OS/c1-7-4-9(15-13-7)2-3-10-11-5-8(14)6-12-10/h2-6,14H,1H3. The van der Waals surface area contributed by atoms with Gasteiger partial charge in [-0.1, -0.05) is 0 Å². The number of hydrogen-bond donors (Lipinski definition) is 1. The van der Waals surface area contributed by atoms with E-state index in [9.17, 15) is 0 Å². The summed E-state index contributed by atoms with van der Waals surface area (Å²) in [5.74, 6) is 0.639. The molecule has 2 aromatic heterocycles. The van der Waals surface area contributed by atoms with Crippen molar-refractivity contribution in [2.24, 2.45) is 0 Å². The highest BCUT2D eigenvalue weighted by Gasteiger charge is 1.94. The molecule has 1 N–H and O–H groups in total. The third-order valence-corrected chi connectivity index (χ3v) is 2.55. The van der Waals surface area contributed by atoms with Crippen LogP contribution in [-0.2, 0) is 0 Å². The first-order chi connectivity index (χ1) is 7.24. The molecule has 0 atom stereocenters. The van der Waals surface area contributed by atoms with Crippen molar-refractivity contribution in [2.75, 3.05) is 0 Å². The lowest BCUT2D eigenvalue weighted by Crippen LogP contribution is -1.83. The van der Waals surface area contributed by atoms with Gasteiger partial charge in [0, 0.05) is 4.88 Å². The first-order valence-electron chi connectivity index (χ1n) is 4.36. The van der Waals surface area contributed by atoms with Crippen LogP contribution >= 0.6 is 11.5 Å². The fourth-order valence-corrected chi connectivity index (χ4v) is 1.69. The molecule has 0 aromatic carbocycles. The molecule has 0 aliphatic rings. The lowest BCUT2D eigenvalue weighted by molar-refractivity contribution is 0.469. The molecular weight excluding hydrogens is 210 g/mol. The van der Waals surface area contributed by atoms with E-state index in [1.54, 1.807) is 6.08 Å². The fourth-order valence-electron chi connectivity index (χ4n) is 1.04. The fraction of sp³-hybridized carbons (Fsp3) is 0.100. The Bertz CT molecular complexity index is 476. The van der Waals surface area contributed by atoms with Gasteiger partial charge in [-0.05, 0) is 36.7 Å². The van der Waals surface area contributed by atoms with Crippen LogP contribution in [0, 0.1) is 6.92 Å². The lowest BCUT2D eigenvalue weighted by atomic mass is 10.3. The van der Waals surface area contributed by atoms with E-state index in [2.05, 4.69) is 14.3 Å². The average molecular weight is 219 g/mol. The van der Waals surface area contributed by atoms with Crippen molar-refractivity contribution < 1.29 is 5.11 Å². The van der Waals surface area contributed by atoms with Crippen molar-refractivity contribution in [3.63, 3.8) is 0 Å². The van der Waals surface area contributed by atoms with Gasteiger partial charge in [0.1, 0.15) is 0 Å². The number of aromatic nitrogens is 3. The Labute approximate surface area is 91.1 Å². The molecule has 5 heteroatoms. The van der Waals surface area contributed by atoms with Gasteiger partial charge in [-0.3, -0.25) is 0 Å². The zero-order valence-corrected chi connectivity index (χ0v) is 8.90. The van der Waals surface area contributed by atoms with Gasteiger partial charge >= 0.3 is 0 Å². The first-order valence-corrected chi connectivity index (χ1v) is 5.14. The molecule has 4 nitrogen and oxygen atoms in total. The minimum absolute atomic E-state index is 0.0702. The highest BCUT2D eigenvalue weighted by atomic mass is 32.1. The van der Waals surface area contributed by atoms with Gasteiger partial charge < -0.3 is 5.11 Å². The maximum Gasteiger partial charge on any atom is 0.152 e. The second-order valence-corrected chi connectivity index (χ2v) is 3.84. The molecule has 0 saturated heterocycles. The molecule has 0 aliphatic carbocycles. The molecular formula is C10H9N3OS. The predicted octanol–water partition coefficient (Wildman–Crippen LogP) is 2.12. The number of aryl methyl sites for hydroxylation is 1. The predicted molar refractivity (Wildman–Crippen MR) is 59.5 cm³/mol. The average Bonchev–Trinajstić information content (AvgIpc) is 2.64. The van der Waals surface area contributed by atoms with E-state index >= 15 is 0 Å². The molecule has 76 valence electrons. The van der Waals surface area contributed by atoms with Crippen molar-refractivity contribution >= 4 is 23.7 Å². The summed E-state index contributed by atoms with van der Waals surface area (Å²) in [7, 11) is 0. The summed E-state index contributed by atoms with van der Waals surface area (Å²) in [5.41, 5.74) is 1.01. The summed E-state index contributed by atoms with van der Waals surface area (Å²) in [4.78, 5) is 8.93. The van der Waals surface area contributed by atoms with Crippen molar-refractivity contribution in [2.45, 2.75) is 6.92 Å². The SMILES string of the molecule is Cc1cc(C=Cc2ncc(O)cn2)sn1.